The fraction of sp³-hybridized carbons (Fsp3) is 0.250. The SMILES string of the molecule is C=CCN(CC=C)C(=N)N=C(N)N. The van der Waals surface area contributed by atoms with Gasteiger partial charge in [0.15, 0.2) is 5.96 Å². The highest BCUT2D eigenvalue weighted by Crippen LogP contribution is 1.92. The third-order valence-corrected chi connectivity index (χ3v) is 1.23. The van der Waals surface area contributed by atoms with E-state index in [1.807, 2.05) is 0 Å². The second kappa shape index (κ2) is 5.82. The van der Waals surface area contributed by atoms with Crippen molar-refractivity contribution in [2.45, 2.75) is 0 Å². The van der Waals surface area contributed by atoms with E-state index in [1.165, 1.54) is 0 Å². The van der Waals surface area contributed by atoms with Crippen molar-refractivity contribution >= 4 is 11.9 Å². The molecule has 0 atom stereocenters. The third-order valence-electron chi connectivity index (χ3n) is 1.23. The average molecular weight is 181 g/mol. The highest BCUT2D eigenvalue weighted by atomic mass is 15.3. The van der Waals surface area contributed by atoms with Gasteiger partial charge in [-0.3, -0.25) is 5.41 Å². The molecule has 0 aromatic carbocycles. The lowest BCUT2D eigenvalue weighted by Crippen LogP contribution is -2.33. The molecule has 0 aliphatic rings. The number of nitrogens with zero attached hydrogens (tertiary/aromatic N) is 2. The van der Waals surface area contributed by atoms with E-state index in [9.17, 15) is 0 Å². The first-order valence-corrected chi connectivity index (χ1v) is 3.76. The maximum absolute atomic E-state index is 7.47. The Kier molecular flexibility index (Phi) is 5.02. The van der Waals surface area contributed by atoms with Crippen LogP contribution < -0.4 is 11.5 Å². The molecule has 72 valence electrons. The second-order valence-electron chi connectivity index (χ2n) is 2.34. The van der Waals surface area contributed by atoms with Crippen LogP contribution in [0.5, 0.6) is 0 Å². The standard InChI is InChI=1S/C8H15N5/c1-3-5-13(6-4-2)8(11)12-7(9)10/h3-4H,1-2,5-6H2,(H5,9,10,11,12). The third kappa shape index (κ3) is 4.62. The Labute approximate surface area is 77.9 Å². The minimum absolute atomic E-state index is 0.0137. The van der Waals surface area contributed by atoms with Crippen molar-refractivity contribution in [1.82, 2.24) is 4.90 Å². The van der Waals surface area contributed by atoms with E-state index < -0.39 is 0 Å². The molecule has 0 heterocycles. The van der Waals surface area contributed by atoms with Gasteiger partial charge in [0.2, 0.25) is 5.96 Å². The van der Waals surface area contributed by atoms with Gasteiger partial charge >= 0.3 is 0 Å². The zero-order chi connectivity index (χ0) is 10.3. The van der Waals surface area contributed by atoms with Crippen LogP contribution in [0.15, 0.2) is 30.3 Å². The van der Waals surface area contributed by atoms with Crippen LogP contribution in [-0.4, -0.2) is 29.9 Å². The molecule has 0 spiro atoms. The average Bonchev–Trinajstić information content (AvgIpc) is 2.02. The summed E-state index contributed by atoms with van der Waals surface area (Å²) in [5.74, 6) is -0.108. The quantitative estimate of drug-likeness (QED) is 0.320. The predicted octanol–water partition coefficient (Wildman–Crippen LogP) is -0.131. The number of nitrogens with one attached hydrogen (secondary N) is 1. The molecule has 0 rings (SSSR count). The summed E-state index contributed by atoms with van der Waals surface area (Å²) in [6.45, 7) is 8.15. The van der Waals surface area contributed by atoms with Gasteiger partial charge in [0, 0.05) is 13.1 Å². The van der Waals surface area contributed by atoms with E-state index in [1.54, 1.807) is 17.1 Å². The molecule has 0 amide bonds. The minimum Gasteiger partial charge on any atom is -0.370 e. The van der Waals surface area contributed by atoms with E-state index in [2.05, 4.69) is 18.2 Å². The number of rotatable bonds is 4. The Morgan fingerprint density at radius 2 is 1.77 bits per heavy atom. The first-order chi connectivity index (χ1) is 6.11. The Morgan fingerprint density at radius 1 is 1.31 bits per heavy atom. The molecule has 0 aliphatic carbocycles. The van der Waals surface area contributed by atoms with Gasteiger partial charge in [-0.05, 0) is 0 Å². The molecule has 0 radical (unpaired) electrons. The Morgan fingerprint density at radius 3 is 2.08 bits per heavy atom. The smallest absolute Gasteiger partial charge is 0.221 e. The van der Waals surface area contributed by atoms with Crippen molar-refractivity contribution in [2.75, 3.05) is 13.1 Å². The zero-order valence-corrected chi connectivity index (χ0v) is 7.53. The zero-order valence-electron chi connectivity index (χ0n) is 7.53. The number of nitrogens with two attached hydrogens (primary N) is 2. The number of hydrogen-bond donors (Lipinski definition) is 3. The van der Waals surface area contributed by atoms with Crippen LogP contribution in [0.3, 0.4) is 0 Å². The van der Waals surface area contributed by atoms with Crippen molar-refractivity contribution in [2.24, 2.45) is 16.5 Å². The predicted molar refractivity (Wildman–Crippen MR) is 55.5 cm³/mol. The minimum atomic E-state index is -0.122. The fourth-order valence-corrected chi connectivity index (χ4v) is 0.752. The van der Waals surface area contributed by atoms with Gasteiger partial charge in [0.05, 0.1) is 0 Å². The lowest BCUT2D eigenvalue weighted by molar-refractivity contribution is 0.504. The lowest BCUT2D eigenvalue weighted by Gasteiger charge is -2.18. The summed E-state index contributed by atoms with van der Waals surface area (Å²) in [7, 11) is 0. The maximum atomic E-state index is 7.47. The van der Waals surface area contributed by atoms with Crippen LogP contribution in [0.2, 0.25) is 0 Å². The number of guanidine groups is 2. The van der Waals surface area contributed by atoms with E-state index >= 15 is 0 Å². The molecule has 0 fully saturated rings. The van der Waals surface area contributed by atoms with Crippen molar-refractivity contribution in [3.8, 4) is 0 Å². The lowest BCUT2D eigenvalue weighted by atomic mass is 10.5. The van der Waals surface area contributed by atoms with Crippen LogP contribution in [-0.2, 0) is 0 Å². The van der Waals surface area contributed by atoms with Crippen LogP contribution in [0.25, 0.3) is 0 Å². The van der Waals surface area contributed by atoms with E-state index in [-0.39, 0.29) is 11.9 Å². The summed E-state index contributed by atoms with van der Waals surface area (Å²) in [6, 6.07) is 0. The van der Waals surface area contributed by atoms with Gasteiger partial charge in [0.25, 0.3) is 0 Å². The summed E-state index contributed by atoms with van der Waals surface area (Å²) in [5, 5.41) is 7.47. The molecule has 0 saturated heterocycles. The van der Waals surface area contributed by atoms with Crippen molar-refractivity contribution in [3.05, 3.63) is 25.3 Å². The molecule has 0 saturated carbocycles. The van der Waals surface area contributed by atoms with Gasteiger partial charge < -0.3 is 16.4 Å². The second-order valence-corrected chi connectivity index (χ2v) is 2.34. The maximum Gasteiger partial charge on any atom is 0.221 e. The first kappa shape index (κ1) is 11.2. The van der Waals surface area contributed by atoms with Gasteiger partial charge in [-0.2, -0.15) is 4.99 Å². The van der Waals surface area contributed by atoms with Crippen molar-refractivity contribution in [1.29, 1.82) is 5.41 Å². The summed E-state index contributed by atoms with van der Waals surface area (Å²) < 4.78 is 0. The molecular formula is C8H15N5. The molecule has 5 N–H and O–H groups in total. The van der Waals surface area contributed by atoms with Crippen molar-refractivity contribution < 1.29 is 0 Å². The fourth-order valence-electron chi connectivity index (χ4n) is 0.752. The van der Waals surface area contributed by atoms with Crippen LogP contribution in [0, 0.1) is 5.41 Å². The molecule has 13 heavy (non-hydrogen) atoms. The number of aliphatic imine (C=N–C) groups is 1. The molecular weight excluding hydrogens is 166 g/mol. The largest absolute Gasteiger partial charge is 0.370 e. The van der Waals surface area contributed by atoms with E-state index in [0.717, 1.165) is 0 Å². The molecule has 0 aromatic rings. The normalized spacial score (nSPS) is 8.62. The van der Waals surface area contributed by atoms with E-state index in [4.69, 9.17) is 16.9 Å². The van der Waals surface area contributed by atoms with Crippen molar-refractivity contribution in [3.63, 3.8) is 0 Å². The highest BCUT2D eigenvalue weighted by molar-refractivity contribution is 5.91. The summed E-state index contributed by atoms with van der Waals surface area (Å²) >= 11 is 0. The van der Waals surface area contributed by atoms with Gasteiger partial charge in [-0.1, -0.05) is 12.2 Å². The first-order valence-electron chi connectivity index (χ1n) is 3.76. The van der Waals surface area contributed by atoms with Crippen LogP contribution in [0.1, 0.15) is 0 Å². The molecule has 0 aliphatic heterocycles. The molecule has 5 heteroatoms. The number of hydrogen-bond acceptors (Lipinski definition) is 1. The van der Waals surface area contributed by atoms with Gasteiger partial charge in [-0.15, -0.1) is 13.2 Å². The molecule has 0 aromatic heterocycles. The Hall–Kier alpha value is -1.78. The van der Waals surface area contributed by atoms with Gasteiger partial charge in [-0.25, -0.2) is 0 Å². The summed E-state index contributed by atoms with van der Waals surface area (Å²) in [5.41, 5.74) is 10.3. The Bertz CT molecular complexity index is 217. The van der Waals surface area contributed by atoms with Crippen LogP contribution >= 0.6 is 0 Å². The van der Waals surface area contributed by atoms with Gasteiger partial charge in [0.1, 0.15) is 0 Å². The van der Waals surface area contributed by atoms with Crippen LogP contribution in [0.4, 0.5) is 0 Å². The summed E-state index contributed by atoms with van der Waals surface area (Å²) in [6.07, 6.45) is 3.33. The Balaban J connectivity index is 4.35. The molecule has 5 nitrogen and oxygen atoms in total. The van der Waals surface area contributed by atoms with E-state index in [0.29, 0.717) is 13.1 Å². The topological polar surface area (TPSA) is 91.5 Å². The molecule has 0 bridgehead atoms. The summed E-state index contributed by atoms with van der Waals surface area (Å²) in [4.78, 5) is 5.23. The molecule has 0 unspecified atom stereocenters. The monoisotopic (exact) mass is 181 g/mol. The highest BCUT2D eigenvalue weighted by Gasteiger charge is 2.04.